The highest BCUT2D eigenvalue weighted by molar-refractivity contribution is 5.95. The highest BCUT2D eigenvalue weighted by atomic mass is 16.5. The average Bonchev–Trinajstić information content (AvgIpc) is 3.38. The molecule has 4 rings (SSSR count). The van der Waals surface area contributed by atoms with Gasteiger partial charge in [-0.2, -0.15) is 0 Å². The summed E-state index contributed by atoms with van der Waals surface area (Å²) >= 11 is 0. The molecule has 2 fully saturated rings. The van der Waals surface area contributed by atoms with E-state index in [0.717, 1.165) is 50.1 Å². The van der Waals surface area contributed by atoms with Crippen molar-refractivity contribution < 1.29 is 14.3 Å². The van der Waals surface area contributed by atoms with Gasteiger partial charge in [-0.25, -0.2) is 0 Å². The second-order valence-corrected chi connectivity index (χ2v) is 8.85. The molecular formula is C25H33N5O3. The number of carbonyl (C=O) groups excluding carboxylic acids is 2. The number of ether oxygens (including phenoxy) is 1. The van der Waals surface area contributed by atoms with Crippen molar-refractivity contribution in [2.24, 2.45) is 0 Å². The molecule has 0 atom stereocenters. The fourth-order valence-electron chi connectivity index (χ4n) is 4.40. The normalized spacial score (nSPS) is 17.6. The maximum atomic E-state index is 12.8. The van der Waals surface area contributed by atoms with E-state index in [2.05, 4.69) is 33.4 Å². The lowest BCUT2D eigenvalue weighted by Gasteiger charge is -2.29. The number of methoxy groups -OCH3 is 1. The van der Waals surface area contributed by atoms with Crippen molar-refractivity contribution in [3.05, 3.63) is 64.7 Å². The molecule has 0 unspecified atom stereocenters. The Labute approximate surface area is 195 Å². The summed E-state index contributed by atoms with van der Waals surface area (Å²) in [5.74, 6) is 0.781. The van der Waals surface area contributed by atoms with Gasteiger partial charge in [0.25, 0.3) is 11.8 Å². The summed E-state index contributed by atoms with van der Waals surface area (Å²) in [6.45, 7) is 3.98. The van der Waals surface area contributed by atoms with Crippen molar-refractivity contribution >= 4 is 11.8 Å². The van der Waals surface area contributed by atoms with Crippen molar-refractivity contribution in [3.63, 3.8) is 0 Å². The van der Waals surface area contributed by atoms with E-state index in [0.29, 0.717) is 29.3 Å². The zero-order valence-electron chi connectivity index (χ0n) is 19.3. The van der Waals surface area contributed by atoms with Crippen molar-refractivity contribution in [2.75, 3.05) is 40.3 Å². The van der Waals surface area contributed by atoms with E-state index in [-0.39, 0.29) is 17.9 Å². The van der Waals surface area contributed by atoms with Gasteiger partial charge in [0.1, 0.15) is 5.75 Å². The minimum atomic E-state index is -0.177. The molecule has 2 saturated heterocycles. The third-order valence-electron chi connectivity index (χ3n) is 6.45. The van der Waals surface area contributed by atoms with Gasteiger partial charge in [0.2, 0.25) is 0 Å². The molecule has 8 nitrogen and oxygen atoms in total. The maximum absolute atomic E-state index is 12.8. The zero-order chi connectivity index (χ0) is 23.2. The van der Waals surface area contributed by atoms with Crippen LogP contribution in [0.15, 0.2) is 42.5 Å². The highest BCUT2D eigenvalue weighted by Gasteiger charge is 2.22. The second-order valence-electron chi connectivity index (χ2n) is 8.85. The number of hydrazine groups is 1. The number of piperidine rings is 1. The van der Waals surface area contributed by atoms with Crippen molar-refractivity contribution in [2.45, 2.75) is 31.3 Å². The fourth-order valence-corrected chi connectivity index (χ4v) is 4.40. The van der Waals surface area contributed by atoms with Gasteiger partial charge >= 0.3 is 0 Å². The molecule has 2 aromatic rings. The molecule has 2 aromatic carbocycles. The number of likely N-dealkylation sites (tertiary alicyclic amines) is 1. The number of rotatable bonds is 7. The molecule has 2 aliphatic rings. The predicted molar refractivity (Wildman–Crippen MR) is 127 cm³/mol. The molecule has 0 aliphatic carbocycles. The number of nitrogens with zero attached hydrogens (tertiary/aromatic N) is 1. The van der Waals surface area contributed by atoms with Crippen LogP contribution in [-0.2, 0) is 6.54 Å². The molecule has 0 spiro atoms. The number of hydrogen-bond acceptors (Lipinski definition) is 6. The first kappa shape index (κ1) is 23.2. The van der Waals surface area contributed by atoms with Crippen molar-refractivity contribution in [1.29, 1.82) is 0 Å². The Morgan fingerprint density at radius 2 is 1.76 bits per heavy atom. The first-order chi connectivity index (χ1) is 16.0. The van der Waals surface area contributed by atoms with Crippen LogP contribution in [0.5, 0.6) is 5.75 Å². The maximum Gasteiger partial charge on any atom is 0.251 e. The largest absolute Gasteiger partial charge is 0.496 e. The Bertz CT molecular complexity index is 982. The van der Waals surface area contributed by atoms with Crippen LogP contribution in [-0.4, -0.2) is 63.1 Å². The van der Waals surface area contributed by atoms with Gasteiger partial charge in [0.15, 0.2) is 0 Å². The van der Waals surface area contributed by atoms with Crippen LogP contribution in [0, 0.1) is 0 Å². The van der Waals surface area contributed by atoms with E-state index >= 15 is 0 Å². The molecule has 0 saturated carbocycles. The molecule has 0 bridgehead atoms. The standard InChI is InChI=1S/C25H33N5O3/c1-30-10-8-21(9-11-30)29-25(32)18-5-3-4-17(12-18)14-26-24(31)19-6-7-22(23(13-19)33-2)20-15-27-28-16-20/h3-7,12-13,20-21,27-28H,8-11,14-16H2,1-2H3,(H,26,31)(H,29,32). The molecule has 4 N–H and O–H groups in total. The van der Waals surface area contributed by atoms with Crippen LogP contribution in [0.4, 0.5) is 0 Å². The summed E-state index contributed by atoms with van der Waals surface area (Å²) in [7, 11) is 3.73. The molecular weight excluding hydrogens is 418 g/mol. The van der Waals surface area contributed by atoms with Gasteiger partial charge in [0.05, 0.1) is 7.11 Å². The zero-order valence-corrected chi connectivity index (χ0v) is 19.3. The third-order valence-corrected chi connectivity index (χ3v) is 6.45. The van der Waals surface area contributed by atoms with Crippen LogP contribution in [0.25, 0.3) is 0 Å². The van der Waals surface area contributed by atoms with Gasteiger partial charge in [-0.3, -0.25) is 20.4 Å². The van der Waals surface area contributed by atoms with Gasteiger partial charge in [0, 0.05) is 42.7 Å². The quantitative estimate of drug-likeness (QED) is 0.511. The molecule has 8 heteroatoms. The van der Waals surface area contributed by atoms with E-state index in [4.69, 9.17) is 4.74 Å². The topological polar surface area (TPSA) is 94.7 Å². The SMILES string of the molecule is COc1cc(C(=O)NCc2cccc(C(=O)NC3CCN(C)CC3)c2)ccc1C1CNNC1. The lowest BCUT2D eigenvalue weighted by Crippen LogP contribution is -2.43. The first-order valence-corrected chi connectivity index (χ1v) is 11.5. The van der Waals surface area contributed by atoms with Crippen molar-refractivity contribution in [3.8, 4) is 5.75 Å². The van der Waals surface area contributed by atoms with Gasteiger partial charge in [-0.05, 0) is 68.4 Å². The van der Waals surface area contributed by atoms with Gasteiger partial charge < -0.3 is 20.3 Å². The van der Waals surface area contributed by atoms with Gasteiger partial charge in [-0.15, -0.1) is 0 Å². The van der Waals surface area contributed by atoms with E-state index in [9.17, 15) is 9.59 Å². The molecule has 2 heterocycles. The van der Waals surface area contributed by atoms with Crippen LogP contribution in [0.3, 0.4) is 0 Å². The summed E-state index contributed by atoms with van der Waals surface area (Å²) in [6.07, 6.45) is 1.93. The smallest absolute Gasteiger partial charge is 0.251 e. The van der Waals surface area contributed by atoms with E-state index < -0.39 is 0 Å². The Hall–Kier alpha value is -2.94. The molecule has 2 aliphatic heterocycles. The lowest BCUT2D eigenvalue weighted by molar-refractivity contribution is 0.0915. The number of benzene rings is 2. The minimum absolute atomic E-state index is 0.0612. The van der Waals surface area contributed by atoms with Crippen LogP contribution in [0.2, 0.25) is 0 Å². The fraction of sp³-hybridized carbons (Fsp3) is 0.440. The Kier molecular flexibility index (Phi) is 7.59. The Morgan fingerprint density at radius 3 is 2.48 bits per heavy atom. The summed E-state index contributed by atoms with van der Waals surface area (Å²) in [4.78, 5) is 27.7. The van der Waals surface area contributed by atoms with Crippen molar-refractivity contribution in [1.82, 2.24) is 26.4 Å². The van der Waals surface area contributed by atoms with E-state index in [1.165, 1.54) is 0 Å². The van der Waals surface area contributed by atoms with E-state index in [1.54, 1.807) is 13.2 Å². The number of nitrogens with one attached hydrogen (secondary N) is 4. The Morgan fingerprint density at radius 1 is 1.03 bits per heavy atom. The lowest BCUT2D eigenvalue weighted by atomic mass is 9.97. The minimum Gasteiger partial charge on any atom is -0.496 e. The molecule has 2 amide bonds. The van der Waals surface area contributed by atoms with Crippen LogP contribution < -0.4 is 26.2 Å². The first-order valence-electron chi connectivity index (χ1n) is 11.5. The molecule has 0 aromatic heterocycles. The summed E-state index contributed by atoms with van der Waals surface area (Å²) in [5, 5.41) is 6.09. The molecule has 33 heavy (non-hydrogen) atoms. The summed E-state index contributed by atoms with van der Waals surface area (Å²) in [6, 6.07) is 13.2. The van der Waals surface area contributed by atoms with Crippen LogP contribution >= 0.6 is 0 Å². The number of hydrogen-bond donors (Lipinski definition) is 4. The van der Waals surface area contributed by atoms with Crippen LogP contribution in [0.1, 0.15) is 50.6 Å². The van der Waals surface area contributed by atoms with Gasteiger partial charge in [-0.1, -0.05) is 18.2 Å². The monoisotopic (exact) mass is 451 g/mol. The predicted octanol–water partition coefficient (Wildman–Crippen LogP) is 1.64. The number of carbonyl (C=O) groups is 2. The second kappa shape index (κ2) is 10.8. The Balaban J connectivity index is 1.35. The van der Waals surface area contributed by atoms with E-state index in [1.807, 2.05) is 36.4 Å². The third kappa shape index (κ3) is 5.90. The number of amides is 2. The molecule has 0 radical (unpaired) electrons. The average molecular weight is 452 g/mol. The molecule has 176 valence electrons. The highest BCUT2D eigenvalue weighted by Crippen LogP contribution is 2.28. The summed E-state index contributed by atoms with van der Waals surface area (Å²) in [5.41, 5.74) is 9.36. The summed E-state index contributed by atoms with van der Waals surface area (Å²) < 4.78 is 5.54.